The summed E-state index contributed by atoms with van der Waals surface area (Å²) in [5.74, 6) is -4.22. The van der Waals surface area contributed by atoms with E-state index in [4.69, 9.17) is 9.47 Å². The van der Waals surface area contributed by atoms with Gasteiger partial charge >= 0.3 is 18.2 Å². The third-order valence-corrected chi connectivity index (χ3v) is 13.5. The van der Waals surface area contributed by atoms with Crippen molar-refractivity contribution in [3.8, 4) is 0 Å². The molecule has 2 heterocycles. The summed E-state index contributed by atoms with van der Waals surface area (Å²) in [7, 11) is -4.04. The Morgan fingerprint density at radius 2 is 1.71 bits per heavy atom. The molecule has 2 N–H and O–H groups in total. The summed E-state index contributed by atoms with van der Waals surface area (Å²) in [6.07, 6.45) is -1.47. The average molecular weight is 796 g/mol. The number of carbonyl (C=O) groups excluding carboxylic acids is 5. The van der Waals surface area contributed by atoms with Gasteiger partial charge in [-0.05, 0) is 96.1 Å². The van der Waals surface area contributed by atoms with E-state index in [0.717, 1.165) is 18.6 Å². The van der Waals surface area contributed by atoms with Crippen LogP contribution in [0.3, 0.4) is 0 Å². The molecule has 304 valence electrons. The summed E-state index contributed by atoms with van der Waals surface area (Å²) in [6, 6.07) is 3.09. The number of esters is 1. The van der Waals surface area contributed by atoms with E-state index in [1.807, 2.05) is 26.0 Å². The Morgan fingerprint density at radius 3 is 2.35 bits per heavy atom. The second-order valence-electron chi connectivity index (χ2n) is 17.2. The predicted molar refractivity (Wildman–Crippen MR) is 196 cm³/mol. The maximum atomic E-state index is 14.6. The highest BCUT2D eigenvalue weighted by molar-refractivity contribution is 7.91. The average Bonchev–Trinajstić information content (AvgIpc) is 3.94. The summed E-state index contributed by atoms with van der Waals surface area (Å²) in [5, 5.41) is 2.12. The summed E-state index contributed by atoms with van der Waals surface area (Å²) >= 11 is 0. The number of rotatable bonds is 7. The number of nitrogens with zero attached hydrogens (tertiary/aromatic N) is 1. The van der Waals surface area contributed by atoms with Crippen molar-refractivity contribution < 1.29 is 55.0 Å². The molecule has 2 aliphatic carbocycles. The number of hydrogen-bond donors (Lipinski definition) is 2. The smallest absolute Gasteiger partial charge is 0.418 e. The van der Waals surface area contributed by atoms with Gasteiger partial charge in [-0.3, -0.25) is 29.2 Å². The number of anilines is 1. The van der Waals surface area contributed by atoms with Gasteiger partial charge in [-0.2, -0.15) is 13.2 Å². The molecule has 0 aromatic heterocycles. The minimum Gasteiger partial charge on any atom is -0.460 e. The Balaban J connectivity index is 1.46. The van der Waals surface area contributed by atoms with Crippen molar-refractivity contribution in [1.82, 2.24) is 9.62 Å². The Kier molecular flexibility index (Phi) is 11.9. The molecule has 16 heteroatoms. The minimum absolute atomic E-state index is 0.103. The second-order valence-corrected chi connectivity index (χ2v) is 19.3. The van der Waals surface area contributed by atoms with Gasteiger partial charge in [0, 0.05) is 12.8 Å². The number of benzene rings is 1. The molecule has 4 aliphatic rings. The van der Waals surface area contributed by atoms with E-state index < -0.39 is 103 Å². The molecule has 1 aromatic carbocycles. The zero-order valence-corrected chi connectivity index (χ0v) is 33.0. The number of para-hydroxylation sites is 1. The van der Waals surface area contributed by atoms with Crippen molar-refractivity contribution >= 4 is 45.4 Å². The van der Waals surface area contributed by atoms with Crippen molar-refractivity contribution in [2.75, 3.05) is 11.9 Å². The molecule has 1 saturated heterocycles. The van der Waals surface area contributed by atoms with Gasteiger partial charge in [0.05, 0.1) is 46.3 Å². The highest BCUT2D eigenvalue weighted by Crippen LogP contribution is 2.57. The van der Waals surface area contributed by atoms with Crippen LogP contribution >= 0.6 is 0 Å². The maximum Gasteiger partial charge on any atom is 0.418 e. The zero-order chi connectivity index (χ0) is 40.7. The van der Waals surface area contributed by atoms with Crippen molar-refractivity contribution in [2.45, 2.75) is 128 Å². The van der Waals surface area contributed by atoms with E-state index in [-0.39, 0.29) is 37.6 Å². The third kappa shape index (κ3) is 9.90. The van der Waals surface area contributed by atoms with Gasteiger partial charge in [0.1, 0.15) is 11.7 Å². The fourth-order valence-corrected chi connectivity index (χ4v) is 9.11. The number of nitrogens with one attached hydrogen (secondary N) is 2. The fraction of sp³-hybridized carbons (Fsp3) is 0.667. The van der Waals surface area contributed by atoms with Crippen LogP contribution in [-0.4, -0.2) is 72.0 Å². The second kappa shape index (κ2) is 15.5. The lowest BCUT2D eigenvalue weighted by Crippen LogP contribution is -2.48. The van der Waals surface area contributed by atoms with Crippen molar-refractivity contribution in [3.63, 3.8) is 0 Å². The van der Waals surface area contributed by atoms with E-state index in [1.165, 1.54) is 17.0 Å². The minimum atomic E-state index is -4.77. The number of ketones is 1. The first-order valence-electron chi connectivity index (χ1n) is 18.9. The predicted octanol–water partition coefficient (Wildman–Crippen LogP) is 6.55. The lowest BCUT2D eigenvalue weighted by atomic mass is 9.82. The molecule has 3 amide bonds. The van der Waals surface area contributed by atoms with Crippen LogP contribution in [0.5, 0.6) is 0 Å². The monoisotopic (exact) mass is 795 g/mol. The Bertz CT molecular complexity index is 1820. The van der Waals surface area contributed by atoms with Gasteiger partial charge in [0.2, 0.25) is 21.8 Å². The third-order valence-electron chi connectivity index (χ3n) is 11.3. The van der Waals surface area contributed by atoms with E-state index >= 15 is 0 Å². The van der Waals surface area contributed by atoms with E-state index in [1.54, 1.807) is 27.7 Å². The number of halogens is 3. The van der Waals surface area contributed by atoms with E-state index in [9.17, 15) is 45.6 Å². The molecular weight excluding hydrogens is 744 g/mol. The van der Waals surface area contributed by atoms with Gasteiger partial charge in [0.15, 0.2) is 5.78 Å². The molecule has 3 fully saturated rings. The van der Waals surface area contributed by atoms with Crippen LogP contribution in [0.25, 0.3) is 0 Å². The highest BCUT2D eigenvalue weighted by Gasteiger charge is 2.62. The van der Waals surface area contributed by atoms with Gasteiger partial charge in [-0.25, -0.2) is 13.2 Å². The number of allylic oxidation sites excluding steroid dienone is 2. The molecule has 12 nitrogen and oxygen atoms in total. The van der Waals surface area contributed by atoms with Crippen LogP contribution in [0.1, 0.15) is 105 Å². The van der Waals surface area contributed by atoms with E-state index in [0.29, 0.717) is 25.7 Å². The van der Waals surface area contributed by atoms with Crippen molar-refractivity contribution in [3.05, 3.63) is 42.0 Å². The van der Waals surface area contributed by atoms with Crippen LogP contribution in [0.15, 0.2) is 36.4 Å². The first-order chi connectivity index (χ1) is 25.4. The summed E-state index contributed by atoms with van der Waals surface area (Å²) in [4.78, 5) is 70.4. The van der Waals surface area contributed by atoms with Crippen LogP contribution < -0.4 is 10.0 Å². The van der Waals surface area contributed by atoms with Crippen LogP contribution in [0, 0.1) is 29.1 Å². The Morgan fingerprint density at radius 1 is 1.04 bits per heavy atom. The normalized spacial score (nSPS) is 30.5. The lowest BCUT2D eigenvalue weighted by molar-refractivity contribution is -0.160. The zero-order valence-electron chi connectivity index (χ0n) is 32.2. The van der Waals surface area contributed by atoms with Crippen molar-refractivity contribution in [1.29, 1.82) is 0 Å². The largest absolute Gasteiger partial charge is 0.460 e. The molecule has 1 aromatic rings. The molecule has 2 aliphatic heterocycles. The number of alkyl halides is 3. The molecule has 55 heavy (non-hydrogen) atoms. The molecule has 5 rings (SSSR count). The highest BCUT2D eigenvalue weighted by atomic mass is 32.2. The lowest BCUT2D eigenvalue weighted by Gasteiger charge is -2.32. The van der Waals surface area contributed by atoms with Crippen LogP contribution in [0.2, 0.25) is 0 Å². The number of fused-ring (bicyclic) bond motifs is 2. The van der Waals surface area contributed by atoms with Gasteiger partial charge in [-0.15, -0.1) is 0 Å². The number of carbonyl (C=O) groups is 5. The van der Waals surface area contributed by atoms with E-state index in [2.05, 4.69) is 10.0 Å². The first kappa shape index (κ1) is 42.2. The number of sulfonamides is 1. The van der Waals surface area contributed by atoms with Gasteiger partial charge < -0.3 is 14.4 Å². The quantitative estimate of drug-likeness (QED) is 0.230. The van der Waals surface area contributed by atoms with Gasteiger partial charge in [-0.1, -0.05) is 38.1 Å². The number of hydrogen-bond acceptors (Lipinski definition) is 9. The molecule has 0 radical (unpaired) electrons. The standard InChI is InChI=1S/C39H52F3N3O9S/c1-23-11-7-8-12-25-20-38(25,34(49)44-55(51,52)37(6)15-16-37)21-31(46)30-18-26(53-35(50)43-29-14-10-9-13-28(29)39(40,41)42)22-45(30)33(48)27(24(2)17-23)19-32(47)54-36(3,4)5/h8-10,12-14,23-27,30H,7,11,15-22H2,1-6H3,(H,43,50)(H,44,49)/b12-8-/t23-,24-,25-,26-,27+,30+,38-/m1/s1. The Hall–Kier alpha value is -3.95. The molecule has 0 unspecified atom stereocenters. The number of amides is 3. The SMILES string of the molecule is C[C@@H]1CC/C=C\[C@@H]2C[C@@]2(C(=O)NS(=O)(=O)C2(C)CC2)CC(=O)[C@@H]2C[C@@H](OC(=O)Nc3ccccc3C(F)(F)F)CN2C(=O)[C@@H](CC(=O)OC(C)(C)C)[C@H](C)C1. The van der Waals surface area contributed by atoms with Crippen LogP contribution in [-0.2, 0) is 44.9 Å². The molecule has 7 atom stereocenters. The molecular formula is C39H52F3N3O9S. The molecule has 2 saturated carbocycles. The summed E-state index contributed by atoms with van der Waals surface area (Å²) in [5.41, 5.74) is -3.89. The number of ether oxygens (including phenoxy) is 2. The fourth-order valence-electron chi connectivity index (χ4n) is 7.78. The first-order valence-corrected chi connectivity index (χ1v) is 20.4. The summed E-state index contributed by atoms with van der Waals surface area (Å²) in [6.45, 7) is 10.2. The topological polar surface area (TPSA) is 165 Å². The molecule has 0 bridgehead atoms. The number of Topliss-reactive ketones (excluding diaryl/α,β-unsaturated/α-hetero) is 1. The summed E-state index contributed by atoms with van der Waals surface area (Å²) < 4.78 is 79.4. The van der Waals surface area contributed by atoms with Gasteiger partial charge in [0.25, 0.3) is 0 Å². The maximum absolute atomic E-state index is 14.6. The van der Waals surface area contributed by atoms with Crippen LogP contribution in [0.4, 0.5) is 23.7 Å². The van der Waals surface area contributed by atoms with Crippen molar-refractivity contribution in [2.24, 2.45) is 29.1 Å². The Labute approximate surface area is 320 Å². The molecule has 0 spiro atoms.